The highest BCUT2D eigenvalue weighted by atomic mass is 16.5. The zero-order chi connectivity index (χ0) is 10.5. The molecular weight excluding hydrogens is 186 g/mol. The summed E-state index contributed by atoms with van der Waals surface area (Å²) in [6, 6.07) is 0. The van der Waals surface area contributed by atoms with E-state index in [1.807, 2.05) is 0 Å². The predicted octanol–water partition coefficient (Wildman–Crippen LogP) is 2.72. The zero-order valence-corrected chi connectivity index (χ0v) is 9.50. The Kier molecular flexibility index (Phi) is 3.84. The van der Waals surface area contributed by atoms with Crippen LogP contribution in [-0.4, -0.2) is 31.2 Å². The van der Waals surface area contributed by atoms with Crippen molar-refractivity contribution < 1.29 is 4.74 Å². The van der Waals surface area contributed by atoms with Gasteiger partial charge in [0.2, 0.25) is 0 Å². The second-order valence-electron chi connectivity index (χ2n) is 4.45. The number of morpholine rings is 1. The molecule has 1 aliphatic heterocycles. The molecule has 1 saturated heterocycles. The molecule has 15 heavy (non-hydrogen) atoms. The first kappa shape index (κ1) is 10.7. The lowest BCUT2D eigenvalue weighted by Crippen LogP contribution is -2.34. The Hall–Kier alpha value is -0.760. The van der Waals surface area contributed by atoms with Gasteiger partial charge in [0.15, 0.2) is 0 Å². The number of rotatable bonds is 2. The second kappa shape index (κ2) is 5.36. The Morgan fingerprint density at radius 2 is 1.80 bits per heavy atom. The molecule has 1 aliphatic carbocycles. The van der Waals surface area contributed by atoms with E-state index < -0.39 is 0 Å². The van der Waals surface area contributed by atoms with Gasteiger partial charge in [-0.2, -0.15) is 0 Å². The van der Waals surface area contributed by atoms with Crippen molar-refractivity contribution in [2.75, 3.05) is 26.3 Å². The van der Waals surface area contributed by atoms with Crippen molar-refractivity contribution in [3.63, 3.8) is 0 Å². The van der Waals surface area contributed by atoms with Crippen molar-refractivity contribution in [3.05, 3.63) is 23.9 Å². The summed E-state index contributed by atoms with van der Waals surface area (Å²) >= 11 is 0. The monoisotopic (exact) mass is 207 g/mol. The molecule has 2 nitrogen and oxygen atoms in total. The van der Waals surface area contributed by atoms with Gasteiger partial charge in [-0.05, 0) is 31.8 Å². The summed E-state index contributed by atoms with van der Waals surface area (Å²) in [5, 5.41) is 0. The summed E-state index contributed by atoms with van der Waals surface area (Å²) in [4.78, 5) is 2.34. The highest BCUT2D eigenvalue weighted by Crippen LogP contribution is 2.24. The van der Waals surface area contributed by atoms with Crippen LogP contribution in [0.15, 0.2) is 23.9 Å². The first-order valence-corrected chi connectivity index (χ1v) is 6.07. The van der Waals surface area contributed by atoms with E-state index in [2.05, 4.69) is 17.6 Å². The Labute approximate surface area is 92.6 Å². The molecule has 0 bridgehead atoms. The van der Waals surface area contributed by atoms with Gasteiger partial charge in [-0.3, -0.25) is 0 Å². The average molecular weight is 207 g/mol. The van der Waals surface area contributed by atoms with Crippen molar-refractivity contribution in [1.29, 1.82) is 0 Å². The van der Waals surface area contributed by atoms with Gasteiger partial charge >= 0.3 is 0 Å². The molecule has 2 heteroatoms. The number of hydrogen-bond acceptors (Lipinski definition) is 2. The van der Waals surface area contributed by atoms with Crippen molar-refractivity contribution in [2.45, 2.75) is 32.1 Å². The van der Waals surface area contributed by atoms with Gasteiger partial charge in [-0.1, -0.05) is 18.6 Å². The van der Waals surface area contributed by atoms with Gasteiger partial charge in [0.25, 0.3) is 0 Å². The van der Waals surface area contributed by atoms with Crippen LogP contribution in [0.1, 0.15) is 32.1 Å². The Bertz CT molecular complexity index is 243. The highest BCUT2D eigenvalue weighted by molar-refractivity contribution is 5.21. The summed E-state index contributed by atoms with van der Waals surface area (Å²) in [7, 11) is 0. The molecule has 0 spiro atoms. The van der Waals surface area contributed by atoms with Crippen molar-refractivity contribution in [1.82, 2.24) is 4.90 Å². The number of nitrogens with zero attached hydrogens (tertiary/aromatic N) is 1. The van der Waals surface area contributed by atoms with Crippen molar-refractivity contribution in [3.8, 4) is 0 Å². The minimum absolute atomic E-state index is 0.849. The van der Waals surface area contributed by atoms with E-state index in [4.69, 9.17) is 4.74 Å². The Morgan fingerprint density at radius 1 is 1.13 bits per heavy atom. The first-order chi connectivity index (χ1) is 7.36. The molecule has 2 rings (SSSR count). The molecule has 0 radical (unpaired) electrons. The van der Waals surface area contributed by atoms with Crippen LogP contribution in [0.2, 0.25) is 0 Å². The fourth-order valence-electron chi connectivity index (χ4n) is 2.33. The van der Waals surface area contributed by atoms with Gasteiger partial charge in [-0.25, -0.2) is 0 Å². The van der Waals surface area contributed by atoms with Crippen LogP contribution in [0.4, 0.5) is 0 Å². The number of allylic oxidation sites excluding steroid dienone is 2. The summed E-state index contributed by atoms with van der Waals surface area (Å²) < 4.78 is 5.34. The highest BCUT2D eigenvalue weighted by Gasteiger charge is 2.12. The van der Waals surface area contributed by atoms with E-state index in [1.165, 1.54) is 37.8 Å². The molecule has 1 heterocycles. The summed E-state index contributed by atoms with van der Waals surface area (Å²) in [6.45, 7) is 7.87. The molecule has 2 aliphatic rings. The van der Waals surface area contributed by atoms with Gasteiger partial charge in [0, 0.05) is 18.8 Å². The fourth-order valence-corrected chi connectivity index (χ4v) is 2.33. The van der Waals surface area contributed by atoms with E-state index >= 15 is 0 Å². The molecule has 0 amide bonds. The third kappa shape index (κ3) is 3.10. The minimum atomic E-state index is 0.849. The fraction of sp³-hybridized carbons (Fsp3) is 0.692. The normalized spacial score (nSPS) is 22.7. The molecule has 0 aromatic heterocycles. The van der Waals surface area contributed by atoms with Gasteiger partial charge in [0.1, 0.15) is 0 Å². The van der Waals surface area contributed by atoms with Crippen LogP contribution >= 0.6 is 0 Å². The molecule has 0 N–H and O–H groups in total. The lowest BCUT2D eigenvalue weighted by atomic mass is 9.94. The Morgan fingerprint density at radius 3 is 2.47 bits per heavy atom. The topological polar surface area (TPSA) is 12.5 Å². The van der Waals surface area contributed by atoms with Crippen LogP contribution in [0, 0.1) is 0 Å². The van der Waals surface area contributed by atoms with E-state index in [0.29, 0.717) is 0 Å². The van der Waals surface area contributed by atoms with Gasteiger partial charge in [-0.15, -0.1) is 0 Å². The largest absolute Gasteiger partial charge is 0.378 e. The summed E-state index contributed by atoms with van der Waals surface area (Å²) in [5.74, 6) is 0. The lowest BCUT2D eigenvalue weighted by Gasteiger charge is -2.29. The number of hydrogen-bond donors (Lipinski definition) is 0. The molecule has 0 aromatic rings. The van der Waals surface area contributed by atoms with Crippen molar-refractivity contribution >= 4 is 0 Å². The van der Waals surface area contributed by atoms with Crippen LogP contribution in [0.3, 0.4) is 0 Å². The van der Waals surface area contributed by atoms with E-state index in [1.54, 1.807) is 5.57 Å². The molecule has 1 saturated carbocycles. The van der Waals surface area contributed by atoms with Crippen LogP contribution in [0.25, 0.3) is 0 Å². The SMILES string of the molecule is C=C(C=C1CCCCC1)N1CCOCC1. The smallest absolute Gasteiger partial charge is 0.0642 e. The van der Waals surface area contributed by atoms with E-state index in [9.17, 15) is 0 Å². The van der Waals surface area contributed by atoms with E-state index in [-0.39, 0.29) is 0 Å². The molecule has 84 valence electrons. The molecule has 2 fully saturated rings. The van der Waals surface area contributed by atoms with Gasteiger partial charge < -0.3 is 9.64 Å². The summed E-state index contributed by atoms with van der Waals surface area (Å²) in [6.07, 6.45) is 9.00. The maximum Gasteiger partial charge on any atom is 0.0642 e. The Balaban J connectivity index is 1.88. The minimum Gasteiger partial charge on any atom is -0.378 e. The number of ether oxygens (including phenoxy) is 1. The third-order valence-corrected chi connectivity index (χ3v) is 3.28. The molecule has 0 aromatic carbocycles. The maximum absolute atomic E-state index is 5.34. The van der Waals surface area contributed by atoms with E-state index in [0.717, 1.165) is 26.3 Å². The quantitative estimate of drug-likeness (QED) is 0.690. The standard InChI is InChI=1S/C13H21NO/c1-12(14-7-9-15-10-8-14)11-13-5-3-2-4-6-13/h11H,1-10H2. The third-order valence-electron chi connectivity index (χ3n) is 3.28. The molecular formula is C13H21NO. The average Bonchev–Trinajstić information content (AvgIpc) is 2.31. The first-order valence-electron chi connectivity index (χ1n) is 6.07. The maximum atomic E-state index is 5.34. The van der Waals surface area contributed by atoms with Crippen LogP contribution in [-0.2, 0) is 4.74 Å². The van der Waals surface area contributed by atoms with Crippen LogP contribution in [0.5, 0.6) is 0 Å². The zero-order valence-electron chi connectivity index (χ0n) is 9.50. The second-order valence-corrected chi connectivity index (χ2v) is 4.45. The predicted molar refractivity (Wildman–Crippen MR) is 62.7 cm³/mol. The van der Waals surface area contributed by atoms with Crippen molar-refractivity contribution in [2.24, 2.45) is 0 Å². The lowest BCUT2D eigenvalue weighted by molar-refractivity contribution is 0.0555. The summed E-state index contributed by atoms with van der Waals surface area (Å²) in [5.41, 5.74) is 2.79. The molecule has 0 atom stereocenters. The van der Waals surface area contributed by atoms with Gasteiger partial charge in [0.05, 0.1) is 13.2 Å². The molecule has 0 unspecified atom stereocenters. The van der Waals surface area contributed by atoms with Crippen LogP contribution < -0.4 is 0 Å².